The molecule has 2 heterocycles. The van der Waals surface area contributed by atoms with Gasteiger partial charge in [0.25, 0.3) is 0 Å². The Balaban J connectivity index is 1.30. The molecule has 6 nitrogen and oxygen atoms in total. The Hall–Kier alpha value is -3.74. The predicted molar refractivity (Wildman–Crippen MR) is 132 cm³/mol. The van der Waals surface area contributed by atoms with Crippen molar-refractivity contribution in [1.29, 1.82) is 0 Å². The van der Waals surface area contributed by atoms with E-state index in [9.17, 15) is 9.18 Å². The summed E-state index contributed by atoms with van der Waals surface area (Å²) in [4.78, 5) is 24.0. The number of rotatable bonds is 8. The smallest absolute Gasteiger partial charge is 0.230 e. The summed E-state index contributed by atoms with van der Waals surface area (Å²) >= 11 is 0. The third-order valence-electron chi connectivity index (χ3n) is 6.66. The largest absolute Gasteiger partial charge is 0.469 e. The summed E-state index contributed by atoms with van der Waals surface area (Å²) in [6, 6.07) is 15.4. The molecule has 0 unspecified atom stereocenters. The molecule has 7 heteroatoms. The quantitative estimate of drug-likeness (QED) is 0.361. The minimum atomic E-state index is -0.305. The van der Waals surface area contributed by atoms with Crippen molar-refractivity contribution in [3.05, 3.63) is 77.8 Å². The summed E-state index contributed by atoms with van der Waals surface area (Å²) < 4.78 is 20.2. The van der Waals surface area contributed by atoms with Gasteiger partial charge in [-0.2, -0.15) is 0 Å². The molecule has 0 spiro atoms. The van der Waals surface area contributed by atoms with Crippen molar-refractivity contribution in [1.82, 2.24) is 14.9 Å². The van der Waals surface area contributed by atoms with Gasteiger partial charge in [-0.15, -0.1) is 0 Å². The minimum Gasteiger partial charge on any atom is -0.469 e. The first-order valence-electron chi connectivity index (χ1n) is 12.2. The fourth-order valence-corrected chi connectivity index (χ4v) is 4.49. The van der Waals surface area contributed by atoms with E-state index in [-0.39, 0.29) is 30.7 Å². The first kappa shape index (κ1) is 21.8. The minimum absolute atomic E-state index is 0.0405. The van der Waals surface area contributed by atoms with Crippen molar-refractivity contribution in [3.63, 3.8) is 0 Å². The van der Waals surface area contributed by atoms with E-state index in [1.54, 1.807) is 29.4 Å². The number of fused-ring (bicyclic) bond motifs is 1. The summed E-state index contributed by atoms with van der Waals surface area (Å²) in [7, 11) is 0. The SMILES string of the molecule is Cc1nc(NC2CC2)c2cc(-c3ccc(F)c(CN(C(=O)Cc4ccco4)C4CC4)c3)ccc2n1. The van der Waals surface area contributed by atoms with Gasteiger partial charge < -0.3 is 14.6 Å². The van der Waals surface area contributed by atoms with Gasteiger partial charge in [-0.1, -0.05) is 12.1 Å². The van der Waals surface area contributed by atoms with Crippen LogP contribution >= 0.6 is 0 Å². The molecule has 0 atom stereocenters. The average Bonchev–Trinajstić information content (AvgIpc) is 3.78. The molecule has 35 heavy (non-hydrogen) atoms. The molecular weight excluding hydrogens is 443 g/mol. The molecule has 2 aliphatic carbocycles. The number of halogens is 1. The van der Waals surface area contributed by atoms with E-state index in [4.69, 9.17) is 4.42 Å². The third kappa shape index (κ3) is 4.76. The maximum absolute atomic E-state index is 14.9. The Morgan fingerprint density at radius 3 is 2.63 bits per heavy atom. The van der Waals surface area contributed by atoms with Crippen LogP contribution in [0.25, 0.3) is 22.0 Å². The molecule has 1 N–H and O–H groups in total. The van der Waals surface area contributed by atoms with Crippen molar-refractivity contribution in [2.24, 2.45) is 0 Å². The van der Waals surface area contributed by atoms with E-state index < -0.39 is 0 Å². The van der Waals surface area contributed by atoms with Crippen molar-refractivity contribution >= 4 is 22.6 Å². The van der Waals surface area contributed by atoms with Crippen molar-refractivity contribution < 1.29 is 13.6 Å². The molecule has 0 aliphatic heterocycles. The molecule has 4 aromatic rings. The van der Waals surface area contributed by atoms with Gasteiger partial charge in [-0.25, -0.2) is 14.4 Å². The van der Waals surface area contributed by atoms with Gasteiger partial charge in [0.15, 0.2) is 0 Å². The van der Waals surface area contributed by atoms with E-state index in [1.165, 1.54) is 6.07 Å². The fourth-order valence-electron chi connectivity index (χ4n) is 4.49. The molecule has 0 radical (unpaired) electrons. The second-order valence-electron chi connectivity index (χ2n) is 9.59. The van der Waals surface area contributed by atoms with Gasteiger partial charge in [0.2, 0.25) is 5.91 Å². The molecule has 2 saturated carbocycles. The van der Waals surface area contributed by atoms with Gasteiger partial charge >= 0.3 is 0 Å². The molecule has 2 fully saturated rings. The Morgan fingerprint density at radius 2 is 1.89 bits per heavy atom. The van der Waals surface area contributed by atoms with Gasteiger partial charge in [0.1, 0.15) is 23.2 Å². The second-order valence-corrected chi connectivity index (χ2v) is 9.59. The highest BCUT2D eigenvalue weighted by Gasteiger charge is 2.33. The van der Waals surface area contributed by atoms with Crippen molar-refractivity contribution in [2.75, 3.05) is 5.32 Å². The maximum Gasteiger partial charge on any atom is 0.230 e. The number of amides is 1. The highest BCUT2D eigenvalue weighted by atomic mass is 19.1. The van der Waals surface area contributed by atoms with Crippen LogP contribution in [-0.2, 0) is 17.8 Å². The number of aryl methyl sites for hydroxylation is 1. The van der Waals surface area contributed by atoms with Crippen LogP contribution in [0.5, 0.6) is 0 Å². The van der Waals surface area contributed by atoms with Crippen molar-refractivity contribution in [2.45, 2.75) is 57.7 Å². The van der Waals surface area contributed by atoms with E-state index in [2.05, 4.69) is 21.4 Å². The van der Waals surface area contributed by atoms with E-state index in [0.29, 0.717) is 17.4 Å². The first-order chi connectivity index (χ1) is 17.0. The molecule has 178 valence electrons. The summed E-state index contributed by atoms with van der Waals surface area (Å²) in [5, 5.41) is 4.47. The molecule has 6 rings (SSSR count). The lowest BCUT2D eigenvalue weighted by molar-refractivity contribution is -0.132. The number of furan rings is 1. The topological polar surface area (TPSA) is 71.3 Å². The van der Waals surface area contributed by atoms with Crippen LogP contribution in [0.3, 0.4) is 0 Å². The lowest BCUT2D eigenvalue weighted by atomic mass is 10.0. The van der Waals surface area contributed by atoms with Crippen LogP contribution < -0.4 is 5.32 Å². The summed E-state index contributed by atoms with van der Waals surface area (Å²) in [5.74, 6) is 1.86. The van der Waals surface area contributed by atoms with Gasteiger partial charge in [0, 0.05) is 29.6 Å². The first-order valence-corrected chi connectivity index (χ1v) is 12.2. The fraction of sp³-hybridized carbons (Fsp3) is 0.321. The molecule has 0 bridgehead atoms. The van der Waals surface area contributed by atoms with Crippen LogP contribution in [0.15, 0.2) is 59.2 Å². The Labute approximate surface area is 203 Å². The van der Waals surface area contributed by atoms with E-state index in [1.807, 2.05) is 25.1 Å². The lowest BCUT2D eigenvalue weighted by Gasteiger charge is -2.23. The van der Waals surface area contributed by atoms with Crippen molar-refractivity contribution in [3.8, 4) is 11.1 Å². The van der Waals surface area contributed by atoms with Gasteiger partial charge in [0.05, 0.1) is 18.2 Å². The number of hydrogen-bond acceptors (Lipinski definition) is 5. The van der Waals surface area contributed by atoms with Crippen LogP contribution in [-0.4, -0.2) is 32.9 Å². The van der Waals surface area contributed by atoms with Crippen LogP contribution in [0.1, 0.15) is 42.8 Å². The number of benzene rings is 2. The number of carbonyl (C=O) groups is 1. The van der Waals surface area contributed by atoms with Gasteiger partial charge in [-0.05, 0) is 80.1 Å². The Bertz CT molecular complexity index is 1390. The molecule has 1 amide bonds. The second kappa shape index (κ2) is 8.80. The standard InChI is InChI=1S/C28H27FN4O2/c1-17-30-26-11-5-19(14-24(26)28(31-17)32-21-6-7-21)18-4-10-25(29)20(13-18)16-33(22-8-9-22)27(34)15-23-3-2-12-35-23/h2-5,10-14,21-22H,6-9,15-16H2,1H3,(H,30,31,32). The number of anilines is 1. The highest BCUT2D eigenvalue weighted by Crippen LogP contribution is 2.33. The zero-order chi connectivity index (χ0) is 23.9. The Morgan fingerprint density at radius 1 is 1.09 bits per heavy atom. The monoisotopic (exact) mass is 470 g/mol. The zero-order valence-corrected chi connectivity index (χ0v) is 19.6. The van der Waals surface area contributed by atoms with Crippen LogP contribution in [0, 0.1) is 12.7 Å². The highest BCUT2D eigenvalue weighted by molar-refractivity contribution is 5.93. The molecule has 0 saturated heterocycles. The molecule has 2 aromatic carbocycles. The Kier molecular flexibility index (Phi) is 5.47. The van der Waals surface area contributed by atoms with Gasteiger partial charge in [-0.3, -0.25) is 4.79 Å². The average molecular weight is 471 g/mol. The summed E-state index contributed by atoms with van der Waals surface area (Å²) in [5.41, 5.74) is 3.26. The maximum atomic E-state index is 14.9. The lowest BCUT2D eigenvalue weighted by Crippen LogP contribution is -2.34. The predicted octanol–water partition coefficient (Wildman–Crippen LogP) is 5.65. The van der Waals surface area contributed by atoms with E-state index in [0.717, 1.165) is 59.4 Å². The number of nitrogens with zero attached hydrogens (tertiary/aromatic N) is 3. The molecular formula is C28H27FN4O2. The summed E-state index contributed by atoms with van der Waals surface area (Å²) in [6.45, 7) is 2.14. The summed E-state index contributed by atoms with van der Waals surface area (Å²) in [6.07, 6.45) is 5.96. The normalized spacial score (nSPS) is 15.4. The zero-order valence-electron chi connectivity index (χ0n) is 19.6. The van der Waals surface area contributed by atoms with E-state index >= 15 is 0 Å². The molecule has 2 aliphatic rings. The number of carbonyl (C=O) groups excluding carboxylic acids is 1. The molecule has 2 aromatic heterocycles. The van der Waals surface area contributed by atoms with Crippen LogP contribution in [0.4, 0.5) is 10.2 Å². The number of nitrogens with one attached hydrogen (secondary N) is 1. The number of hydrogen-bond donors (Lipinski definition) is 1. The number of aromatic nitrogens is 2. The van der Waals surface area contributed by atoms with Crippen LogP contribution in [0.2, 0.25) is 0 Å². The third-order valence-corrected chi connectivity index (χ3v) is 6.66.